The number of nitro groups is 1. The molecule has 1 heterocycles. The summed E-state index contributed by atoms with van der Waals surface area (Å²) in [5, 5.41) is 15.5. The minimum absolute atomic E-state index is 0.0930. The first-order valence-electron chi connectivity index (χ1n) is 10.4. The van der Waals surface area contributed by atoms with Gasteiger partial charge >= 0.3 is 6.03 Å². The first kappa shape index (κ1) is 21.8. The van der Waals surface area contributed by atoms with Crippen LogP contribution in [0.25, 0.3) is 0 Å². The zero-order valence-electron chi connectivity index (χ0n) is 17.3. The van der Waals surface area contributed by atoms with Crippen molar-refractivity contribution < 1.29 is 14.5 Å². The SMILES string of the molecule is NC(=O)C(S)N1N=C(C2CCCCC2)c2ccccc2N(c2ccc([N+](=O)[O-])cc2)C1=O. The predicted octanol–water partition coefficient (Wildman–Crippen LogP) is 4.19. The molecule has 9 nitrogen and oxygen atoms in total. The summed E-state index contributed by atoms with van der Waals surface area (Å²) in [5.74, 6) is -0.673. The molecule has 1 saturated carbocycles. The number of fused-ring (bicyclic) bond motifs is 1. The fourth-order valence-corrected chi connectivity index (χ4v) is 4.38. The fourth-order valence-electron chi connectivity index (χ4n) is 4.23. The van der Waals surface area contributed by atoms with Crippen LogP contribution >= 0.6 is 12.6 Å². The Morgan fingerprint density at radius 2 is 1.78 bits per heavy atom. The molecule has 0 saturated heterocycles. The first-order valence-corrected chi connectivity index (χ1v) is 10.9. The van der Waals surface area contributed by atoms with Crippen LogP contribution in [0.3, 0.4) is 0 Å². The van der Waals surface area contributed by atoms with E-state index >= 15 is 0 Å². The van der Waals surface area contributed by atoms with E-state index in [9.17, 15) is 19.7 Å². The average molecular weight is 454 g/mol. The van der Waals surface area contributed by atoms with Crippen LogP contribution < -0.4 is 10.6 Å². The molecule has 0 aromatic heterocycles. The summed E-state index contributed by atoms with van der Waals surface area (Å²) in [6.45, 7) is 0. The van der Waals surface area contributed by atoms with Crippen molar-refractivity contribution in [1.82, 2.24) is 5.01 Å². The number of nitrogens with zero attached hydrogens (tertiary/aromatic N) is 4. The molecular formula is C22H23N5O4S. The first-order chi connectivity index (χ1) is 15.4. The Kier molecular flexibility index (Phi) is 6.13. The number of amides is 3. The summed E-state index contributed by atoms with van der Waals surface area (Å²) in [6.07, 6.45) is 5.14. The van der Waals surface area contributed by atoms with Crippen LogP contribution in [-0.4, -0.2) is 33.0 Å². The molecule has 0 radical (unpaired) electrons. The Bertz CT molecular complexity index is 1080. The van der Waals surface area contributed by atoms with E-state index in [1.54, 1.807) is 6.07 Å². The normalized spacial score (nSPS) is 17.9. The van der Waals surface area contributed by atoms with Gasteiger partial charge in [0.2, 0.25) is 0 Å². The van der Waals surface area contributed by atoms with E-state index in [0.29, 0.717) is 11.4 Å². The van der Waals surface area contributed by atoms with E-state index < -0.39 is 22.2 Å². The zero-order valence-corrected chi connectivity index (χ0v) is 18.1. The van der Waals surface area contributed by atoms with Crippen molar-refractivity contribution in [2.75, 3.05) is 4.90 Å². The standard InChI is InChI=1S/C22H23N5O4S/c23-20(28)21(32)26-22(29)25(15-10-12-16(13-11-15)27(30)31)18-9-5-4-8-17(18)19(24-26)14-6-2-1-3-7-14/h4-5,8-14,21,32H,1-3,6-7H2,(H2,23,28). The predicted molar refractivity (Wildman–Crippen MR) is 124 cm³/mol. The van der Waals surface area contributed by atoms with Gasteiger partial charge in [0.15, 0.2) is 5.37 Å². The molecule has 3 amide bonds. The number of thiol groups is 1. The summed E-state index contributed by atoms with van der Waals surface area (Å²) in [6, 6.07) is 12.4. The van der Waals surface area contributed by atoms with Crippen molar-refractivity contribution in [2.24, 2.45) is 16.8 Å². The van der Waals surface area contributed by atoms with Gasteiger partial charge in [-0.1, -0.05) is 37.5 Å². The van der Waals surface area contributed by atoms with Gasteiger partial charge in [0.1, 0.15) is 0 Å². The topological polar surface area (TPSA) is 122 Å². The van der Waals surface area contributed by atoms with Crippen molar-refractivity contribution in [3.05, 3.63) is 64.2 Å². The Morgan fingerprint density at radius 3 is 2.41 bits per heavy atom. The lowest BCUT2D eigenvalue weighted by Crippen LogP contribution is -2.46. The summed E-state index contributed by atoms with van der Waals surface area (Å²) in [5.41, 5.74) is 7.87. The summed E-state index contributed by atoms with van der Waals surface area (Å²) in [7, 11) is 0. The highest BCUT2D eigenvalue weighted by molar-refractivity contribution is 7.81. The Balaban J connectivity index is 1.89. The van der Waals surface area contributed by atoms with E-state index in [1.807, 2.05) is 18.2 Å². The van der Waals surface area contributed by atoms with Crippen molar-refractivity contribution >= 4 is 47.3 Å². The van der Waals surface area contributed by atoms with Crippen molar-refractivity contribution in [3.8, 4) is 0 Å². The second kappa shape index (κ2) is 8.99. The Morgan fingerprint density at radius 1 is 1.12 bits per heavy atom. The number of nitro benzene ring substituents is 1. The lowest BCUT2D eigenvalue weighted by atomic mass is 9.83. The van der Waals surface area contributed by atoms with Crippen molar-refractivity contribution in [2.45, 2.75) is 37.5 Å². The zero-order chi connectivity index (χ0) is 22.8. The number of carbonyl (C=O) groups excluding carboxylic acids is 2. The van der Waals surface area contributed by atoms with Crippen LogP contribution in [0.5, 0.6) is 0 Å². The van der Waals surface area contributed by atoms with Gasteiger partial charge in [-0.25, -0.2) is 4.79 Å². The van der Waals surface area contributed by atoms with Crippen LogP contribution in [0.4, 0.5) is 21.9 Å². The molecule has 0 spiro atoms. The molecule has 1 aliphatic carbocycles. The summed E-state index contributed by atoms with van der Waals surface area (Å²) >= 11 is 4.26. The van der Waals surface area contributed by atoms with Crippen LogP contribution in [-0.2, 0) is 4.79 Å². The van der Waals surface area contributed by atoms with E-state index in [1.165, 1.54) is 29.2 Å². The molecule has 1 unspecified atom stereocenters. The number of carbonyl (C=O) groups is 2. The number of hydrogen-bond donors (Lipinski definition) is 2. The molecule has 1 fully saturated rings. The second-order valence-electron chi connectivity index (χ2n) is 7.85. The van der Waals surface area contributed by atoms with Gasteiger partial charge in [0, 0.05) is 23.6 Å². The molecule has 2 aromatic carbocycles. The molecule has 10 heteroatoms. The molecule has 0 bridgehead atoms. The average Bonchev–Trinajstić information content (AvgIpc) is 2.93. The quantitative estimate of drug-likeness (QED) is 0.400. The molecule has 2 aromatic rings. The number of primary amides is 1. The van der Waals surface area contributed by atoms with Gasteiger partial charge < -0.3 is 5.73 Å². The maximum absolute atomic E-state index is 13.7. The van der Waals surface area contributed by atoms with Gasteiger partial charge in [-0.05, 0) is 31.0 Å². The highest BCUT2D eigenvalue weighted by Crippen LogP contribution is 2.38. The highest BCUT2D eigenvalue weighted by atomic mass is 32.1. The van der Waals surface area contributed by atoms with E-state index in [4.69, 9.17) is 5.73 Å². The van der Waals surface area contributed by atoms with Gasteiger partial charge in [-0.3, -0.25) is 19.8 Å². The number of rotatable bonds is 5. The maximum atomic E-state index is 13.7. The monoisotopic (exact) mass is 453 g/mol. The van der Waals surface area contributed by atoms with Gasteiger partial charge in [-0.2, -0.15) is 10.1 Å². The smallest absolute Gasteiger partial charge is 0.351 e. The number of nitrogens with two attached hydrogens (primary N) is 1. The lowest BCUT2D eigenvalue weighted by Gasteiger charge is -2.28. The molecule has 1 aliphatic heterocycles. The number of benzene rings is 2. The molecule has 1 atom stereocenters. The van der Waals surface area contributed by atoms with Gasteiger partial charge in [0.25, 0.3) is 11.6 Å². The Labute approximate surface area is 190 Å². The van der Waals surface area contributed by atoms with Crippen LogP contribution in [0.2, 0.25) is 0 Å². The molecule has 2 aliphatic rings. The molecule has 2 N–H and O–H groups in total. The summed E-state index contributed by atoms with van der Waals surface area (Å²) < 4.78 is 0. The minimum atomic E-state index is -1.27. The van der Waals surface area contributed by atoms with Crippen molar-refractivity contribution in [1.29, 1.82) is 0 Å². The lowest BCUT2D eigenvalue weighted by molar-refractivity contribution is -0.384. The number of anilines is 2. The maximum Gasteiger partial charge on any atom is 0.351 e. The minimum Gasteiger partial charge on any atom is -0.367 e. The van der Waals surface area contributed by atoms with E-state index in [-0.39, 0.29) is 11.6 Å². The summed E-state index contributed by atoms with van der Waals surface area (Å²) in [4.78, 5) is 37.6. The third kappa shape index (κ3) is 4.05. The molecule has 32 heavy (non-hydrogen) atoms. The number of hydrazone groups is 1. The Hall–Kier alpha value is -3.40. The van der Waals surface area contributed by atoms with E-state index in [0.717, 1.165) is 48.4 Å². The number of non-ortho nitro benzene ring substituents is 1. The van der Waals surface area contributed by atoms with Crippen LogP contribution in [0.15, 0.2) is 53.6 Å². The highest BCUT2D eigenvalue weighted by Gasteiger charge is 2.37. The number of urea groups is 1. The van der Waals surface area contributed by atoms with Gasteiger partial charge in [0.05, 0.1) is 22.0 Å². The third-order valence-corrected chi connectivity index (χ3v) is 6.29. The van der Waals surface area contributed by atoms with Gasteiger partial charge in [-0.15, -0.1) is 12.6 Å². The second-order valence-corrected chi connectivity index (χ2v) is 8.34. The molecule has 4 rings (SSSR count). The number of hydrogen-bond acceptors (Lipinski definition) is 6. The largest absolute Gasteiger partial charge is 0.367 e. The molecule has 166 valence electrons. The third-order valence-electron chi connectivity index (χ3n) is 5.82. The van der Waals surface area contributed by atoms with Crippen molar-refractivity contribution in [3.63, 3.8) is 0 Å². The fraction of sp³-hybridized carbons (Fsp3) is 0.318. The molecular weight excluding hydrogens is 430 g/mol. The van der Waals surface area contributed by atoms with Crippen LogP contribution in [0.1, 0.15) is 37.7 Å². The number of para-hydroxylation sites is 1. The van der Waals surface area contributed by atoms with E-state index in [2.05, 4.69) is 17.7 Å². The van der Waals surface area contributed by atoms with Crippen LogP contribution in [0, 0.1) is 16.0 Å².